The molecule has 0 aliphatic rings. The zero-order valence-corrected chi connectivity index (χ0v) is 13.5. The fourth-order valence-electron chi connectivity index (χ4n) is 1.90. The van der Waals surface area contributed by atoms with Gasteiger partial charge in [0.2, 0.25) is 0 Å². The number of nitrogens with one attached hydrogen (secondary N) is 2. The average molecular weight is 366 g/mol. The van der Waals surface area contributed by atoms with Crippen LogP contribution < -0.4 is 15.4 Å². The highest BCUT2D eigenvalue weighted by Gasteiger charge is 2.14. The Hall–Kier alpha value is -3.34. The fraction of sp³-hybridized carbons (Fsp3) is 0.0714. The van der Waals surface area contributed by atoms with Crippen LogP contribution in [0.4, 0.5) is 27.1 Å². The summed E-state index contributed by atoms with van der Waals surface area (Å²) in [6, 6.07) is 6.76. The van der Waals surface area contributed by atoms with Gasteiger partial charge in [-0.1, -0.05) is 0 Å². The summed E-state index contributed by atoms with van der Waals surface area (Å²) in [4.78, 5) is 20.3. The second-order valence-electron chi connectivity index (χ2n) is 4.64. The normalized spacial score (nSPS) is 10.0. The van der Waals surface area contributed by atoms with Crippen molar-refractivity contribution in [3.8, 4) is 5.75 Å². The number of benzene rings is 2. The van der Waals surface area contributed by atoms with Crippen LogP contribution in [-0.2, 0) is 0 Å². The van der Waals surface area contributed by atoms with Crippen LogP contribution in [0, 0.1) is 26.0 Å². The zero-order valence-electron chi connectivity index (χ0n) is 12.7. The molecule has 2 rings (SSSR count). The molecule has 0 aliphatic carbocycles. The van der Waals surface area contributed by atoms with Gasteiger partial charge in [0.25, 0.3) is 11.4 Å². The summed E-state index contributed by atoms with van der Waals surface area (Å²) < 4.78 is 18.8. The van der Waals surface area contributed by atoms with Crippen molar-refractivity contribution in [2.45, 2.75) is 0 Å². The molecule has 0 atom stereocenters. The highest BCUT2D eigenvalue weighted by molar-refractivity contribution is 7.80. The van der Waals surface area contributed by atoms with Gasteiger partial charge in [-0.3, -0.25) is 20.2 Å². The Morgan fingerprint density at radius 1 is 1.04 bits per heavy atom. The average Bonchev–Trinajstić information content (AvgIpc) is 2.56. The van der Waals surface area contributed by atoms with Crippen LogP contribution in [0.3, 0.4) is 0 Å². The van der Waals surface area contributed by atoms with Crippen LogP contribution in [0.25, 0.3) is 0 Å². The van der Waals surface area contributed by atoms with Gasteiger partial charge in [-0.25, -0.2) is 4.39 Å². The number of thiocarbonyl (C=S) groups is 1. The number of anilines is 2. The van der Waals surface area contributed by atoms with Gasteiger partial charge >= 0.3 is 0 Å². The Bertz CT molecular complexity index is 861. The van der Waals surface area contributed by atoms with Crippen molar-refractivity contribution in [1.29, 1.82) is 0 Å². The molecule has 0 aromatic heterocycles. The summed E-state index contributed by atoms with van der Waals surface area (Å²) in [5.74, 6) is -0.580. The van der Waals surface area contributed by atoms with Gasteiger partial charge in [0.1, 0.15) is 11.6 Å². The maximum Gasteiger partial charge on any atom is 0.273 e. The van der Waals surface area contributed by atoms with E-state index in [9.17, 15) is 24.6 Å². The molecule has 25 heavy (non-hydrogen) atoms. The van der Waals surface area contributed by atoms with Crippen molar-refractivity contribution < 1.29 is 19.0 Å². The summed E-state index contributed by atoms with van der Waals surface area (Å²) in [6.07, 6.45) is 0. The van der Waals surface area contributed by atoms with Crippen LogP contribution in [0.1, 0.15) is 0 Å². The molecule has 0 saturated carbocycles. The molecule has 0 heterocycles. The van der Waals surface area contributed by atoms with Crippen LogP contribution in [0.15, 0.2) is 36.4 Å². The first kappa shape index (κ1) is 18.0. The van der Waals surface area contributed by atoms with E-state index in [-0.39, 0.29) is 27.9 Å². The summed E-state index contributed by atoms with van der Waals surface area (Å²) in [6.45, 7) is 0. The first-order valence-electron chi connectivity index (χ1n) is 6.66. The molecule has 2 aromatic rings. The predicted octanol–water partition coefficient (Wildman–Crippen LogP) is 3.46. The van der Waals surface area contributed by atoms with Gasteiger partial charge in [0.05, 0.1) is 34.4 Å². The van der Waals surface area contributed by atoms with Gasteiger partial charge in [-0.15, -0.1) is 0 Å². The number of ether oxygens (including phenoxy) is 1. The third-order valence-corrected chi connectivity index (χ3v) is 3.26. The monoisotopic (exact) mass is 366 g/mol. The minimum Gasteiger partial charge on any atom is -0.494 e. The maximum absolute atomic E-state index is 13.7. The third kappa shape index (κ3) is 4.35. The Morgan fingerprint density at radius 3 is 2.20 bits per heavy atom. The van der Waals surface area contributed by atoms with Crippen molar-refractivity contribution in [2.24, 2.45) is 0 Å². The number of methoxy groups -OCH3 is 1. The van der Waals surface area contributed by atoms with E-state index in [2.05, 4.69) is 10.6 Å². The van der Waals surface area contributed by atoms with Crippen molar-refractivity contribution in [1.82, 2.24) is 0 Å². The van der Waals surface area contributed by atoms with E-state index in [1.807, 2.05) is 0 Å². The SMILES string of the molecule is COc1cc([N+](=O)[O-])ccc1NC(=S)Nc1cc([N+](=O)[O-])ccc1F. The third-order valence-electron chi connectivity index (χ3n) is 3.05. The molecule has 0 fully saturated rings. The molecule has 0 aliphatic heterocycles. The van der Waals surface area contributed by atoms with Crippen molar-refractivity contribution in [3.05, 3.63) is 62.4 Å². The molecule has 0 bridgehead atoms. The van der Waals surface area contributed by atoms with Crippen LogP contribution in [0.2, 0.25) is 0 Å². The lowest BCUT2D eigenvalue weighted by atomic mass is 10.2. The summed E-state index contributed by atoms with van der Waals surface area (Å²) >= 11 is 5.03. The van der Waals surface area contributed by atoms with E-state index in [1.54, 1.807) is 0 Å². The lowest BCUT2D eigenvalue weighted by molar-refractivity contribution is -0.385. The summed E-state index contributed by atoms with van der Waals surface area (Å²) in [7, 11) is 1.32. The minimum absolute atomic E-state index is 0.0773. The number of hydrogen-bond acceptors (Lipinski definition) is 6. The standard InChI is InChI=1S/C14H11FN4O5S/c1-24-13-7-9(19(22)23)3-5-11(13)16-14(25)17-12-6-8(18(20)21)2-4-10(12)15/h2-7H,1H3,(H2,16,17,25). The van der Waals surface area contributed by atoms with E-state index in [0.29, 0.717) is 5.69 Å². The van der Waals surface area contributed by atoms with Gasteiger partial charge < -0.3 is 15.4 Å². The second kappa shape index (κ2) is 7.49. The molecular formula is C14H11FN4O5S. The Labute approximate surface area is 145 Å². The van der Waals surface area contributed by atoms with E-state index < -0.39 is 15.7 Å². The van der Waals surface area contributed by atoms with Crippen molar-refractivity contribution >= 4 is 40.1 Å². The quantitative estimate of drug-likeness (QED) is 0.469. The number of nitrogens with zero attached hydrogens (tertiary/aromatic N) is 2. The number of non-ortho nitro benzene ring substituents is 2. The largest absolute Gasteiger partial charge is 0.494 e. The molecule has 11 heteroatoms. The highest BCUT2D eigenvalue weighted by atomic mass is 32.1. The van der Waals surface area contributed by atoms with Crippen LogP contribution in [-0.4, -0.2) is 22.1 Å². The van der Waals surface area contributed by atoms with E-state index in [4.69, 9.17) is 17.0 Å². The summed E-state index contributed by atoms with van der Waals surface area (Å²) in [5, 5.41) is 26.6. The molecule has 0 saturated heterocycles. The van der Waals surface area contributed by atoms with Crippen LogP contribution in [0.5, 0.6) is 5.75 Å². The Balaban J connectivity index is 2.19. The molecule has 2 N–H and O–H groups in total. The first-order valence-corrected chi connectivity index (χ1v) is 7.07. The molecular weight excluding hydrogens is 355 g/mol. The summed E-state index contributed by atoms with van der Waals surface area (Å²) in [5.41, 5.74) is -0.366. The van der Waals surface area contributed by atoms with E-state index >= 15 is 0 Å². The Kier molecular flexibility index (Phi) is 5.39. The molecule has 0 spiro atoms. The molecule has 130 valence electrons. The topological polar surface area (TPSA) is 120 Å². The molecule has 2 aromatic carbocycles. The molecule has 0 unspecified atom stereocenters. The predicted molar refractivity (Wildman–Crippen MR) is 92.5 cm³/mol. The van der Waals surface area contributed by atoms with E-state index in [1.165, 1.54) is 25.3 Å². The molecule has 9 nitrogen and oxygen atoms in total. The van der Waals surface area contributed by atoms with E-state index in [0.717, 1.165) is 18.2 Å². The first-order chi connectivity index (χ1) is 11.8. The number of nitro benzene ring substituents is 2. The maximum atomic E-state index is 13.7. The highest BCUT2D eigenvalue weighted by Crippen LogP contribution is 2.29. The number of halogens is 1. The van der Waals surface area contributed by atoms with Gasteiger partial charge in [-0.05, 0) is 24.4 Å². The van der Waals surface area contributed by atoms with Gasteiger partial charge in [0, 0.05) is 18.2 Å². The van der Waals surface area contributed by atoms with Gasteiger partial charge in [-0.2, -0.15) is 0 Å². The lowest BCUT2D eigenvalue weighted by Gasteiger charge is -2.13. The zero-order chi connectivity index (χ0) is 18.6. The number of nitro groups is 2. The second-order valence-corrected chi connectivity index (χ2v) is 5.05. The molecule has 0 amide bonds. The lowest BCUT2D eigenvalue weighted by Crippen LogP contribution is -2.20. The number of rotatable bonds is 5. The van der Waals surface area contributed by atoms with Gasteiger partial charge in [0.15, 0.2) is 5.11 Å². The Morgan fingerprint density at radius 2 is 1.60 bits per heavy atom. The molecule has 0 radical (unpaired) electrons. The smallest absolute Gasteiger partial charge is 0.273 e. The van der Waals surface area contributed by atoms with Crippen molar-refractivity contribution in [2.75, 3.05) is 17.7 Å². The van der Waals surface area contributed by atoms with Crippen molar-refractivity contribution in [3.63, 3.8) is 0 Å². The fourth-order valence-corrected chi connectivity index (χ4v) is 2.12. The number of hydrogen-bond donors (Lipinski definition) is 2. The minimum atomic E-state index is -0.731. The van der Waals surface area contributed by atoms with Crippen LogP contribution >= 0.6 is 12.2 Å².